The standard InChI is InChI=1S/C17H22N4O/c1-11(2)9-15(13-7-5-4-6-8-13)21-16(22)14-10-19-17(18)20-12(14)3/h4-8,10-11,15H,9H2,1-3H3,(H,21,22)(H2,18,19,20). The van der Waals surface area contributed by atoms with Gasteiger partial charge in [-0.05, 0) is 24.8 Å². The van der Waals surface area contributed by atoms with Gasteiger partial charge in [0.15, 0.2) is 0 Å². The van der Waals surface area contributed by atoms with E-state index in [9.17, 15) is 4.79 Å². The van der Waals surface area contributed by atoms with Crippen molar-refractivity contribution in [2.45, 2.75) is 33.2 Å². The molecule has 0 aliphatic heterocycles. The number of amides is 1. The van der Waals surface area contributed by atoms with Crippen LogP contribution in [0.15, 0.2) is 36.5 Å². The monoisotopic (exact) mass is 298 g/mol. The molecule has 0 saturated carbocycles. The minimum Gasteiger partial charge on any atom is -0.368 e. The van der Waals surface area contributed by atoms with Crippen molar-refractivity contribution in [3.05, 3.63) is 53.3 Å². The smallest absolute Gasteiger partial charge is 0.255 e. The van der Waals surface area contributed by atoms with Gasteiger partial charge in [0.2, 0.25) is 5.95 Å². The number of nitrogens with zero attached hydrogens (tertiary/aromatic N) is 2. The van der Waals surface area contributed by atoms with Crippen molar-refractivity contribution in [1.29, 1.82) is 0 Å². The van der Waals surface area contributed by atoms with E-state index in [4.69, 9.17) is 5.73 Å². The lowest BCUT2D eigenvalue weighted by Gasteiger charge is -2.21. The van der Waals surface area contributed by atoms with Gasteiger partial charge < -0.3 is 11.1 Å². The first-order valence-electron chi connectivity index (χ1n) is 7.42. The van der Waals surface area contributed by atoms with Crippen molar-refractivity contribution in [1.82, 2.24) is 15.3 Å². The van der Waals surface area contributed by atoms with Gasteiger partial charge in [0.25, 0.3) is 5.91 Å². The first-order valence-corrected chi connectivity index (χ1v) is 7.42. The molecule has 1 unspecified atom stereocenters. The fourth-order valence-corrected chi connectivity index (χ4v) is 2.38. The Kier molecular flexibility index (Phi) is 5.09. The zero-order valence-corrected chi connectivity index (χ0v) is 13.2. The third-order valence-corrected chi connectivity index (χ3v) is 3.46. The van der Waals surface area contributed by atoms with Crippen LogP contribution in [0.2, 0.25) is 0 Å². The van der Waals surface area contributed by atoms with Crippen LogP contribution in [-0.2, 0) is 0 Å². The van der Waals surface area contributed by atoms with Gasteiger partial charge in [0.05, 0.1) is 17.3 Å². The Labute approximate surface area is 131 Å². The van der Waals surface area contributed by atoms with Crippen LogP contribution in [0.25, 0.3) is 0 Å². The summed E-state index contributed by atoms with van der Waals surface area (Å²) >= 11 is 0. The highest BCUT2D eigenvalue weighted by atomic mass is 16.1. The molecule has 0 spiro atoms. The first kappa shape index (κ1) is 15.9. The summed E-state index contributed by atoms with van der Waals surface area (Å²) in [5.41, 5.74) is 7.67. The second-order valence-electron chi connectivity index (χ2n) is 5.79. The molecule has 1 atom stereocenters. The molecule has 0 radical (unpaired) electrons. The Bertz CT molecular complexity index is 640. The molecule has 1 aromatic heterocycles. The fraction of sp³-hybridized carbons (Fsp3) is 0.353. The fourth-order valence-electron chi connectivity index (χ4n) is 2.38. The van der Waals surface area contributed by atoms with Crippen molar-refractivity contribution in [2.24, 2.45) is 5.92 Å². The number of nitrogens with two attached hydrogens (primary N) is 1. The molecule has 1 aromatic carbocycles. The largest absolute Gasteiger partial charge is 0.368 e. The lowest BCUT2D eigenvalue weighted by molar-refractivity contribution is 0.0930. The average Bonchev–Trinajstić information content (AvgIpc) is 2.46. The number of nitrogens with one attached hydrogen (secondary N) is 1. The van der Waals surface area contributed by atoms with Crippen LogP contribution in [0.1, 0.15) is 47.9 Å². The SMILES string of the molecule is Cc1nc(N)ncc1C(=O)NC(CC(C)C)c1ccccc1. The lowest BCUT2D eigenvalue weighted by Crippen LogP contribution is -2.30. The van der Waals surface area contributed by atoms with E-state index in [2.05, 4.69) is 29.1 Å². The third-order valence-electron chi connectivity index (χ3n) is 3.46. The molecule has 2 aromatic rings. The van der Waals surface area contributed by atoms with Gasteiger partial charge in [-0.15, -0.1) is 0 Å². The van der Waals surface area contributed by atoms with Crippen molar-refractivity contribution >= 4 is 11.9 Å². The molecule has 0 bridgehead atoms. The predicted molar refractivity (Wildman–Crippen MR) is 87.3 cm³/mol. The molecule has 116 valence electrons. The van der Waals surface area contributed by atoms with Crippen LogP contribution in [0.5, 0.6) is 0 Å². The first-order chi connectivity index (χ1) is 10.5. The summed E-state index contributed by atoms with van der Waals surface area (Å²) in [7, 11) is 0. The number of carbonyl (C=O) groups is 1. The van der Waals surface area contributed by atoms with Gasteiger partial charge >= 0.3 is 0 Å². The van der Waals surface area contributed by atoms with E-state index in [0.717, 1.165) is 12.0 Å². The Morgan fingerprint density at radius 2 is 1.95 bits per heavy atom. The number of carbonyl (C=O) groups excluding carboxylic acids is 1. The van der Waals surface area contributed by atoms with Gasteiger partial charge in [0, 0.05) is 6.20 Å². The van der Waals surface area contributed by atoms with Crippen molar-refractivity contribution in [3.63, 3.8) is 0 Å². The molecule has 1 amide bonds. The summed E-state index contributed by atoms with van der Waals surface area (Å²) in [4.78, 5) is 20.5. The molecular weight excluding hydrogens is 276 g/mol. The molecule has 3 N–H and O–H groups in total. The maximum Gasteiger partial charge on any atom is 0.255 e. The number of anilines is 1. The maximum atomic E-state index is 12.5. The van der Waals surface area contributed by atoms with E-state index >= 15 is 0 Å². The second-order valence-corrected chi connectivity index (χ2v) is 5.79. The van der Waals surface area contributed by atoms with Gasteiger partial charge in [-0.25, -0.2) is 9.97 Å². The number of hydrogen-bond donors (Lipinski definition) is 2. The summed E-state index contributed by atoms with van der Waals surface area (Å²) < 4.78 is 0. The van der Waals surface area contributed by atoms with Gasteiger partial charge in [0.1, 0.15) is 0 Å². The van der Waals surface area contributed by atoms with Crippen molar-refractivity contribution in [3.8, 4) is 0 Å². The number of aryl methyl sites for hydroxylation is 1. The van der Waals surface area contributed by atoms with Crippen LogP contribution >= 0.6 is 0 Å². The van der Waals surface area contributed by atoms with E-state index in [-0.39, 0.29) is 17.9 Å². The van der Waals surface area contributed by atoms with Crippen molar-refractivity contribution in [2.75, 3.05) is 5.73 Å². The molecular formula is C17H22N4O. The van der Waals surface area contributed by atoms with E-state index in [1.165, 1.54) is 6.20 Å². The summed E-state index contributed by atoms with van der Waals surface area (Å²) in [6.45, 7) is 6.03. The number of aromatic nitrogens is 2. The Morgan fingerprint density at radius 3 is 2.55 bits per heavy atom. The molecule has 1 heterocycles. The quantitative estimate of drug-likeness (QED) is 0.889. The number of rotatable bonds is 5. The van der Waals surface area contributed by atoms with E-state index < -0.39 is 0 Å². The van der Waals surface area contributed by atoms with Crippen LogP contribution in [0, 0.1) is 12.8 Å². The molecule has 5 nitrogen and oxygen atoms in total. The minimum absolute atomic E-state index is 0.0364. The van der Waals surface area contributed by atoms with E-state index in [0.29, 0.717) is 17.2 Å². The van der Waals surface area contributed by atoms with E-state index in [1.54, 1.807) is 6.92 Å². The van der Waals surface area contributed by atoms with Crippen molar-refractivity contribution < 1.29 is 4.79 Å². The minimum atomic E-state index is -0.174. The summed E-state index contributed by atoms with van der Waals surface area (Å²) in [6, 6.07) is 9.94. The summed E-state index contributed by atoms with van der Waals surface area (Å²) in [6.07, 6.45) is 2.34. The molecule has 0 fully saturated rings. The second kappa shape index (κ2) is 7.02. The molecule has 0 saturated heterocycles. The lowest BCUT2D eigenvalue weighted by atomic mass is 9.96. The van der Waals surface area contributed by atoms with Gasteiger partial charge in [-0.2, -0.15) is 0 Å². The third kappa shape index (κ3) is 4.04. The molecule has 2 rings (SSSR count). The molecule has 0 aliphatic carbocycles. The Balaban J connectivity index is 2.21. The maximum absolute atomic E-state index is 12.5. The summed E-state index contributed by atoms with van der Waals surface area (Å²) in [5, 5.41) is 3.08. The number of benzene rings is 1. The summed E-state index contributed by atoms with van der Waals surface area (Å²) in [5.74, 6) is 0.470. The highest BCUT2D eigenvalue weighted by Crippen LogP contribution is 2.22. The van der Waals surface area contributed by atoms with Crippen LogP contribution in [0.4, 0.5) is 5.95 Å². The molecule has 22 heavy (non-hydrogen) atoms. The van der Waals surface area contributed by atoms with E-state index in [1.807, 2.05) is 30.3 Å². The topological polar surface area (TPSA) is 80.9 Å². The zero-order valence-electron chi connectivity index (χ0n) is 13.2. The van der Waals surface area contributed by atoms with Gasteiger partial charge in [-0.3, -0.25) is 4.79 Å². The molecule has 5 heteroatoms. The molecule has 0 aliphatic rings. The number of hydrogen-bond acceptors (Lipinski definition) is 4. The van der Waals surface area contributed by atoms with Gasteiger partial charge in [-0.1, -0.05) is 44.2 Å². The average molecular weight is 298 g/mol. The Hall–Kier alpha value is -2.43. The van der Waals surface area contributed by atoms with Crippen LogP contribution in [0.3, 0.4) is 0 Å². The van der Waals surface area contributed by atoms with Crippen LogP contribution in [-0.4, -0.2) is 15.9 Å². The number of nitrogen functional groups attached to an aromatic ring is 1. The highest BCUT2D eigenvalue weighted by molar-refractivity contribution is 5.95. The normalized spacial score (nSPS) is 12.2. The predicted octanol–water partition coefficient (Wildman–Crippen LogP) is 2.88. The highest BCUT2D eigenvalue weighted by Gasteiger charge is 2.19. The zero-order chi connectivity index (χ0) is 16.1. The Morgan fingerprint density at radius 1 is 1.27 bits per heavy atom. The van der Waals surface area contributed by atoms with Crippen LogP contribution < -0.4 is 11.1 Å².